The van der Waals surface area contributed by atoms with Crippen LogP contribution in [0.2, 0.25) is 10.0 Å². The van der Waals surface area contributed by atoms with Gasteiger partial charge in [0.05, 0.1) is 24.2 Å². The van der Waals surface area contributed by atoms with E-state index in [9.17, 15) is 9.18 Å². The Balaban J connectivity index is 1.92. The van der Waals surface area contributed by atoms with Crippen LogP contribution in [0.3, 0.4) is 0 Å². The van der Waals surface area contributed by atoms with E-state index in [0.29, 0.717) is 21.7 Å². The maximum atomic E-state index is 13.9. The average molecular weight is 368 g/mol. The lowest BCUT2D eigenvalue weighted by molar-refractivity contribution is -0.139. The summed E-state index contributed by atoms with van der Waals surface area (Å²) in [6.45, 7) is 0. The standard InChI is InChI=1S/C18H16Cl2FNO2/c1-24-17(23)7-11-6-13(4-5-16(11)21)22-18-14(10-2-3-10)8-12(19)9-15(18)20/h4-6,8-10,22H,2-3,7H2,1H3. The largest absolute Gasteiger partial charge is 0.469 e. The van der Waals surface area contributed by atoms with Gasteiger partial charge in [-0.3, -0.25) is 4.79 Å². The lowest BCUT2D eigenvalue weighted by atomic mass is 10.1. The van der Waals surface area contributed by atoms with Gasteiger partial charge >= 0.3 is 5.97 Å². The van der Waals surface area contributed by atoms with E-state index < -0.39 is 11.8 Å². The van der Waals surface area contributed by atoms with E-state index in [-0.39, 0.29) is 12.0 Å². The molecule has 1 saturated carbocycles. The number of nitrogens with one attached hydrogen (secondary N) is 1. The Morgan fingerprint density at radius 2 is 2.04 bits per heavy atom. The van der Waals surface area contributed by atoms with Crippen molar-refractivity contribution in [2.45, 2.75) is 25.2 Å². The number of halogens is 3. The van der Waals surface area contributed by atoms with Crippen molar-refractivity contribution >= 4 is 40.5 Å². The second-order valence-electron chi connectivity index (χ2n) is 5.81. The highest BCUT2D eigenvalue weighted by molar-refractivity contribution is 6.36. The average Bonchev–Trinajstić information content (AvgIpc) is 3.37. The molecular weight excluding hydrogens is 352 g/mol. The molecule has 0 bridgehead atoms. The molecule has 126 valence electrons. The van der Waals surface area contributed by atoms with Crippen LogP contribution in [-0.2, 0) is 16.0 Å². The van der Waals surface area contributed by atoms with Gasteiger partial charge in [-0.1, -0.05) is 23.2 Å². The predicted molar refractivity (Wildman–Crippen MR) is 93.8 cm³/mol. The fourth-order valence-corrected chi connectivity index (χ4v) is 3.16. The fourth-order valence-electron chi connectivity index (χ4n) is 2.60. The quantitative estimate of drug-likeness (QED) is 0.712. The molecule has 6 heteroatoms. The van der Waals surface area contributed by atoms with Crippen molar-refractivity contribution in [3.8, 4) is 0 Å². The minimum atomic E-state index is -0.491. The molecule has 0 unspecified atom stereocenters. The molecule has 1 fully saturated rings. The minimum Gasteiger partial charge on any atom is -0.469 e. The first-order chi connectivity index (χ1) is 11.5. The Morgan fingerprint density at radius 3 is 2.71 bits per heavy atom. The highest BCUT2D eigenvalue weighted by Crippen LogP contribution is 2.47. The molecule has 1 aliphatic rings. The number of esters is 1. The molecule has 0 heterocycles. The zero-order valence-electron chi connectivity index (χ0n) is 13.0. The van der Waals surface area contributed by atoms with Gasteiger partial charge in [-0.05, 0) is 54.7 Å². The lowest BCUT2D eigenvalue weighted by Crippen LogP contribution is -2.07. The van der Waals surface area contributed by atoms with Crippen molar-refractivity contribution in [2.75, 3.05) is 12.4 Å². The highest BCUT2D eigenvalue weighted by atomic mass is 35.5. The molecule has 0 aliphatic heterocycles. The van der Waals surface area contributed by atoms with E-state index in [4.69, 9.17) is 23.2 Å². The van der Waals surface area contributed by atoms with Crippen LogP contribution >= 0.6 is 23.2 Å². The summed E-state index contributed by atoms with van der Waals surface area (Å²) in [5.41, 5.74) is 2.76. The summed E-state index contributed by atoms with van der Waals surface area (Å²) in [5.74, 6) is -0.497. The lowest BCUT2D eigenvalue weighted by Gasteiger charge is -2.15. The molecule has 0 atom stereocenters. The van der Waals surface area contributed by atoms with Crippen molar-refractivity contribution in [1.82, 2.24) is 0 Å². The van der Waals surface area contributed by atoms with Crippen LogP contribution in [0.5, 0.6) is 0 Å². The normalized spacial score (nSPS) is 13.7. The van der Waals surface area contributed by atoms with Gasteiger partial charge in [-0.25, -0.2) is 4.39 Å². The third kappa shape index (κ3) is 3.82. The summed E-state index contributed by atoms with van der Waals surface area (Å²) in [6.07, 6.45) is 2.08. The van der Waals surface area contributed by atoms with E-state index in [1.165, 1.54) is 13.2 Å². The molecule has 3 nitrogen and oxygen atoms in total. The third-order valence-electron chi connectivity index (χ3n) is 3.98. The smallest absolute Gasteiger partial charge is 0.310 e. The van der Waals surface area contributed by atoms with Crippen LogP contribution in [0.4, 0.5) is 15.8 Å². The Kier molecular flexibility index (Phi) is 4.97. The maximum Gasteiger partial charge on any atom is 0.310 e. The molecule has 1 N–H and O–H groups in total. The molecule has 0 radical (unpaired) electrons. The van der Waals surface area contributed by atoms with E-state index in [1.807, 2.05) is 6.07 Å². The second-order valence-corrected chi connectivity index (χ2v) is 6.65. The molecule has 2 aromatic rings. The summed E-state index contributed by atoms with van der Waals surface area (Å²) < 4.78 is 18.5. The van der Waals surface area contributed by atoms with Gasteiger partial charge in [0.25, 0.3) is 0 Å². The van der Waals surface area contributed by atoms with Crippen LogP contribution < -0.4 is 5.32 Å². The fraction of sp³-hybridized carbons (Fsp3) is 0.278. The van der Waals surface area contributed by atoms with Crippen molar-refractivity contribution in [2.24, 2.45) is 0 Å². The minimum absolute atomic E-state index is 0.123. The first-order valence-corrected chi connectivity index (χ1v) is 8.34. The number of carbonyl (C=O) groups excluding carboxylic acids is 1. The summed E-state index contributed by atoms with van der Waals surface area (Å²) in [4.78, 5) is 11.4. The Hall–Kier alpha value is -1.78. The van der Waals surface area contributed by atoms with Crippen LogP contribution in [0.1, 0.15) is 29.9 Å². The number of hydrogen-bond acceptors (Lipinski definition) is 3. The SMILES string of the molecule is COC(=O)Cc1cc(Nc2c(Cl)cc(Cl)cc2C2CC2)ccc1F. The predicted octanol–water partition coefficient (Wildman–Crippen LogP) is 5.47. The maximum absolute atomic E-state index is 13.9. The van der Waals surface area contributed by atoms with E-state index in [0.717, 1.165) is 24.1 Å². The van der Waals surface area contributed by atoms with E-state index in [1.54, 1.807) is 18.2 Å². The number of carbonyl (C=O) groups is 1. The van der Waals surface area contributed by atoms with Gasteiger partial charge in [0.1, 0.15) is 5.82 Å². The van der Waals surface area contributed by atoms with Crippen LogP contribution in [0, 0.1) is 5.82 Å². The van der Waals surface area contributed by atoms with Crippen LogP contribution in [-0.4, -0.2) is 13.1 Å². The van der Waals surface area contributed by atoms with Crippen molar-refractivity contribution in [3.63, 3.8) is 0 Å². The highest BCUT2D eigenvalue weighted by Gasteiger charge is 2.28. The van der Waals surface area contributed by atoms with E-state index in [2.05, 4.69) is 10.1 Å². The molecule has 0 aromatic heterocycles. The van der Waals surface area contributed by atoms with Gasteiger partial charge in [-0.2, -0.15) is 0 Å². The molecule has 1 aliphatic carbocycles. The molecule has 0 spiro atoms. The number of anilines is 2. The van der Waals surface area contributed by atoms with Crippen LogP contribution in [0.25, 0.3) is 0 Å². The van der Waals surface area contributed by atoms with E-state index >= 15 is 0 Å². The monoisotopic (exact) mass is 367 g/mol. The van der Waals surface area contributed by atoms with Crippen molar-refractivity contribution < 1.29 is 13.9 Å². The summed E-state index contributed by atoms with van der Waals surface area (Å²) in [7, 11) is 1.28. The molecule has 0 amide bonds. The van der Waals surface area contributed by atoms with Crippen molar-refractivity contribution in [1.29, 1.82) is 0 Å². The van der Waals surface area contributed by atoms with Gasteiger partial charge in [0.2, 0.25) is 0 Å². The number of methoxy groups -OCH3 is 1. The third-order valence-corrected chi connectivity index (χ3v) is 4.50. The topological polar surface area (TPSA) is 38.3 Å². The first kappa shape index (κ1) is 17.1. The Bertz CT molecular complexity index is 791. The van der Waals surface area contributed by atoms with Crippen LogP contribution in [0.15, 0.2) is 30.3 Å². The molecule has 24 heavy (non-hydrogen) atoms. The number of rotatable bonds is 5. The first-order valence-electron chi connectivity index (χ1n) is 7.59. The number of hydrogen-bond donors (Lipinski definition) is 1. The molecule has 0 saturated heterocycles. The Labute approximate surface area is 149 Å². The number of benzene rings is 2. The molecule has 3 rings (SSSR count). The second kappa shape index (κ2) is 6.99. The van der Waals surface area contributed by atoms with Gasteiger partial charge in [0.15, 0.2) is 0 Å². The zero-order chi connectivity index (χ0) is 17.3. The van der Waals surface area contributed by atoms with Gasteiger partial charge in [0, 0.05) is 16.3 Å². The Morgan fingerprint density at radius 1 is 1.29 bits per heavy atom. The summed E-state index contributed by atoms with van der Waals surface area (Å²) >= 11 is 12.4. The summed E-state index contributed by atoms with van der Waals surface area (Å²) in [6, 6.07) is 8.11. The van der Waals surface area contributed by atoms with Gasteiger partial charge < -0.3 is 10.1 Å². The summed E-state index contributed by atoms with van der Waals surface area (Å²) in [5, 5.41) is 4.35. The number of ether oxygens (including phenoxy) is 1. The van der Waals surface area contributed by atoms with Gasteiger partial charge in [-0.15, -0.1) is 0 Å². The zero-order valence-corrected chi connectivity index (χ0v) is 14.5. The molecule has 2 aromatic carbocycles. The molecular formula is C18H16Cl2FNO2. The van der Waals surface area contributed by atoms with Crippen molar-refractivity contribution in [3.05, 3.63) is 57.3 Å².